The van der Waals surface area contributed by atoms with E-state index in [-0.39, 0.29) is 5.56 Å². The molecule has 2 aromatic rings. The van der Waals surface area contributed by atoms with Crippen LogP contribution in [0.2, 0.25) is 0 Å². The van der Waals surface area contributed by atoms with E-state index in [2.05, 4.69) is 15.9 Å². The van der Waals surface area contributed by atoms with Crippen LogP contribution in [-0.2, 0) is 6.54 Å². The molecule has 1 aromatic heterocycles. The van der Waals surface area contributed by atoms with E-state index < -0.39 is 5.82 Å². The van der Waals surface area contributed by atoms with Gasteiger partial charge < -0.3 is 4.57 Å². The fraction of sp³-hybridized carbons (Fsp3) is 0.0833. The Bertz CT molecular complexity index is 548. The topological polar surface area (TPSA) is 22.0 Å². The largest absolute Gasteiger partial charge is 0.311 e. The monoisotopic (exact) mass is 281 g/mol. The van der Waals surface area contributed by atoms with E-state index in [9.17, 15) is 9.18 Å². The fourth-order valence-electron chi connectivity index (χ4n) is 1.40. The normalized spacial score (nSPS) is 10.4. The molecule has 16 heavy (non-hydrogen) atoms. The summed E-state index contributed by atoms with van der Waals surface area (Å²) in [4.78, 5) is 11.4. The maximum absolute atomic E-state index is 12.7. The Hall–Kier alpha value is -1.42. The molecule has 82 valence electrons. The van der Waals surface area contributed by atoms with Crippen LogP contribution in [0.15, 0.2) is 51.9 Å². The first-order valence-electron chi connectivity index (χ1n) is 4.75. The Morgan fingerprint density at radius 2 is 1.88 bits per heavy atom. The van der Waals surface area contributed by atoms with Gasteiger partial charge in [-0.2, -0.15) is 0 Å². The highest BCUT2D eigenvalue weighted by Crippen LogP contribution is 2.11. The van der Waals surface area contributed by atoms with Gasteiger partial charge in [-0.25, -0.2) is 4.39 Å². The molecule has 0 unspecified atom stereocenters. The molecule has 0 radical (unpaired) electrons. The van der Waals surface area contributed by atoms with E-state index >= 15 is 0 Å². The first kappa shape index (κ1) is 11.1. The maximum Gasteiger partial charge on any atom is 0.253 e. The Morgan fingerprint density at radius 3 is 2.50 bits per heavy atom. The zero-order valence-corrected chi connectivity index (χ0v) is 9.95. The minimum absolute atomic E-state index is 0.331. The maximum atomic E-state index is 12.7. The standard InChI is InChI=1S/C12H9BrFNO/c13-10-3-1-9(2-4-10)8-15-6-5-11(14)7-12(15)16/h1-7H,8H2. The van der Waals surface area contributed by atoms with E-state index in [1.807, 2.05) is 24.3 Å². The number of nitrogens with zero attached hydrogens (tertiary/aromatic N) is 1. The number of benzene rings is 1. The van der Waals surface area contributed by atoms with Gasteiger partial charge >= 0.3 is 0 Å². The molecular formula is C12H9BrFNO. The molecule has 2 rings (SSSR count). The van der Waals surface area contributed by atoms with Crippen molar-refractivity contribution in [3.8, 4) is 0 Å². The number of hydrogen-bond acceptors (Lipinski definition) is 1. The van der Waals surface area contributed by atoms with Gasteiger partial charge in [-0.15, -0.1) is 0 Å². The zero-order chi connectivity index (χ0) is 11.5. The molecule has 0 bridgehead atoms. The van der Waals surface area contributed by atoms with Crippen molar-refractivity contribution in [1.82, 2.24) is 4.57 Å². The van der Waals surface area contributed by atoms with Gasteiger partial charge in [-0.05, 0) is 23.8 Å². The van der Waals surface area contributed by atoms with Gasteiger partial charge in [0.25, 0.3) is 5.56 Å². The van der Waals surface area contributed by atoms with Crippen LogP contribution in [-0.4, -0.2) is 4.57 Å². The Kier molecular flexibility index (Phi) is 3.19. The third-order valence-corrected chi connectivity index (χ3v) is 2.75. The van der Waals surface area contributed by atoms with Crippen LogP contribution in [0.3, 0.4) is 0 Å². The molecule has 1 heterocycles. The van der Waals surface area contributed by atoms with Gasteiger partial charge in [0.2, 0.25) is 0 Å². The molecular weight excluding hydrogens is 273 g/mol. The summed E-state index contributed by atoms with van der Waals surface area (Å²) in [6, 6.07) is 9.91. The average Bonchev–Trinajstić information content (AvgIpc) is 2.25. The summed E-state index contributed by atoms with van der Waals surface area (Å²) in [6.45, 7) is 0.451. The van der Waals surface area contributed by atoms with E-state index in [4.69, 9.17) is 0 Å². The van der Waals surface area contributed by atoms with Gasteiger partial charge in [0.15, 0.2) is 0 Å². The van der Waals surface area contributed by atoms with Crippen molar-refractivity contribution in [3.05, 3.63) is 68.8 Å². The highest BCUT2D eigenvalue weighted by Gasteiger charge is 1.99. The van der Waals surface area contributed by atoms with Gasteiger partial charge in [-0.3, -0.25) is 4.79 Å². The second-order valence-corrected chi connectivity index (χ2v) is 4.35. The lowest BCUT2D eigenvalue weighted by Gasteiger charge is -2.05. The van der Waals surface area contributed by atoms with Gasteiger partial charge in [-0.1, -0.05) is 28.1 Å². The molecule has 0 aliphatic rings. The SMILES string of the molecule is O=c1cc(F)ccn1Cc1ccc(Br)cc1. The summed E-state index contributed by atoms with van der Waals surface area (Å²) in [6.07, 6.45) is 1.46. The lowest BCUT2D eigenvalue weighted by Crippen LogP contribution is -2.19. The summed E-state index contributed by atoms with van der Waals surface area (Å²) >= 11 is 3.34. The van der Waals surface area contributed by atoms with Crippen molar-refractivity contribution >= 4 is 15.9 Å². The first-order chi connectivity index (χ1) is 7.65. The molecule has 2 nitrogen and oxygen atoms in total. The molecule has 1 aromatic carbocycles. The minimum atomic E-state index is -0.503. The minimum Gasteiger partial charge on any atom is -0.311 e. The van der Waals surface area contributed by atoms with E-state index in [1.165, 1.54) is 16.8 Å². The number of hydrogen-bond donors (Lipinski definition) is 0. The summed E-state index contributed by atoms with van der Waals surface area (Å²) in [5, 5.41) is 0. The van der Waals surface area contributed by atoms with Crippen LogP contribution < -0.4 is 5.56 Å². The zero-order valence-electron chi connectivity index (χ0n) is 8.36. The summed E-state index contributed by atoms with van der Waals surface area (Å²) in [5.74, 6) is -0.503. The summed E-state index contributed by atoms with van der Waals surface area (Å²) < 4.78 is 15.2. The molecule has 0 atom stereocenters. The van der Waals surface area contributed by atoms with Gasteiger partial charge in [0.05, 0.1) is 6.54 Å². The van der Waals surface area contributed by atoms with Crippen LogP contribution in [0.1, 0.15) is 5.56 Å². The highest BCUT2D eigenvalue weighted by molar-refractivity contribution is 9.10. The van der Waals surface area contributed by atoms with Crippen LogP contribution in [0.5, 0.6) is 0 Å². The second kappa shape index (κ2) is 4.61. The van der Waals surface area contributed by atoms with Crippen molar-refractivity contribution in [1.29, 1.82) is 0 Å². The molecule has 4 heteroatoms. The second-order valence-electron chi connectivity index (χ2n) is 3.44. The van der Waals surface area contributed by atoms with Gasteiger partial charge in [0.1, 0.15) is 5.82 Å². The van der Waals surface area contributed by atoms with Crippen LogP contribution >= 0.6 is 15.9 Å². The average molecular weight is 282 g/mol. The fourth-order valence-corrected chi connectivity index (χ4v) is 1.67. The van der Waals surface area contributed by atoms with Crippen LogP contribution in [0.4, 0.5) is 4.39 Å². The third kappa shape index (κ3) is 2.58. The van der Waals surface area contributed by atoms with Crippen molar-refractivity contribution in [2.45, 2.75) is 6.54 Å². The molecule has 0 amide bonds. The predicted molar refractivity (Wildman–Crippen MR) is 63.9 cm³/mol. The molecule has 0 saturated carbocycles. The lowest BCUT2D eigenvalue weighted by atomic mass is 10.2. The summed E-state index contributed by atoms with van der Waals surface area (Å²) in [5.41, 5.74) is 0.667. The van der Waals surface area contributed by atoms with E-state index in [0.717, 1.165) is 16.1 Å². The van der Waals surface area contributed by atoms with Crippen molar-refractivity contribution in [2.75, 3.05) is 0 Å². The molecule has 0 saturated heterocycles. The van der Waals surface area contributed by atoms with Crippen molar-refractivity contribution < 1.29 is 4.39 Å². The quantitative estimate of drug-likeness (QED) is 0.830. The van der Waals surface area contributed by atoms with E-state index in [1.54, 1.807) is 0 Å². The number of halogens is 2. The summed E-state index contributed by atoms with van der Waals surface area (Å²) in [7, 11) is 0. The third-order valence-electron chi connectivity index (χ3n) is 2.22. The Morgan fingerprint density at radius 1 is 1.19 bits per heavy atom. The Labute approximate surface area is 100 Å². The number of rotatable bonds is 2. The molecule has 0 aliphatic carbocycles. The lowest BCUT2D eigenvalue weighted by molar-refractivity contribution is 0.611. The molecule has 0 aliphatic heterocycles. The Balaban J connectivity index is 2.27. The van der Waals surface area contributed by atoms with Crippen molar-refractivity contribution in [3.63, 3.8) is 0 Å². The number of aromatic nitrogens is 1. The van der Waals surface area contributed by atoms with E-state index in [0.29, 0.717) is 6.54 Å². The molecule has 0 fully saturated rings. The first-order valence-corrected chi connectivity index (χ1v) is 5.55. The predicted octanol–water partition coefficient (Wildman–Crippen LogP) is 2.80. The highest BCUT2D eigenvalue weighted by atomic mass is 79.9. The molecule has 0 N–H and O–H groups in total. The molecule has 0 spiro atoms. The van der Waals surface area contributed by atoms with Gasteiger partial charge in [0, 0.05) is 16.7 Å². The van der Waals surface area contributed by atoms with Crippen LogP contribution in [0.25, 0.3) is 0 Å². The smallest absolute Gasteiger partial charge is 0.253 e. The van der Waals surface area contributed by atoms with Crippen molar-refractivity contribution in [2.24, 2.45) is 0 Å². The number of pyridine rings is 1. The van der Waals surface area contributed by atoms with Crippen LogP contribution in [0, 0.1) is 5.82 Å².